The fraction of sp³-hybridized carbons (Fsp3) is 0.923. The van der Waals surface area contributed by atoms with Crippen LogP contribution in [-0.4, -0.2) is 0 Å². The molecule has 0 spiro atoms. The van der Waals surface area contributed by atoms with Gasteiger partial charge in [-0.2, -0.15) is 0 Å². The lowest BCUT2D eigenvalue weighted by Gasteiger charge is -2.20. The molecule has 156 valence electrons. The Morgan fingerprint density at radius 1 is 0.731 bits per heavy atom. The molecule has 26 heavy (non-hydrogen) atoms. The van der Waals surface area contributed by atoms with E-state index in [2.05, 4.69) is 60.6 Å². The van der Waals surface area contributed by atoms with Gasteiger partial charge in [0.05, 0.1) is 0 Å². The molecule has 0 aromatic carbocycles. The van der Waals surface area contributed by atoms with Gasteiger partial charge in [0.25, 0.3) is 0 Å². The second-order valence-corrected chi connectivity index (χ2v) is 10.3. The van der Waals surface area contributed by atoms with Gasteiger partial charge in [0.1, 0.15) is 0 Å². The van der Waals surface area contributed by atoms with Gasteiger partial charge in [0.2, 0.25) is 0 Å². The van der Waals surface area contributed by atoms with Gasteiger partial charge in [0.15, 0.2) is 0 Å². The quantitative estimate of drug-likeness (QED) is 0.189. The minimum absolute atomic E-state index is 0.508. The van der Waals surface area contributed by atoms with Gasteiger partial charge >= 0.3 is 0 Å². The van der Waals surface area contributed by atoms with Crippen molar-refractivity contribution in [2.75, 3.05) is 0 Å². The lowest BCUT2D eigenvalue weighted by atomic mass is 9.85. The van der Waals surface area contributed by atoms with Crippen LogP contribution in [-0.2, 0) is 0 Å². The van der Waals surface area contributed by atoms with Gasteiger partial charge in [-0.15, -0.1) is 0 Å². The summed E-state index contributed by atoms with van der Waals surface area (Å²) in [6.45, 7) is 16.5. The van der Waals surface area contributed by atoms with Crippen LogP contribution >= 0.6 is 0 Å². The first-order chi connectivity index (χ1) is 12.3. The van der Waals surface area contributed by atoms with Crippen LogP contribution in [0.25, 0.3) is 0 Å². The van der Waals surface area contributed by atoms with Crippen molar-refractivity contribution in [3.05, 3.63) is 12.2 Å². The molecule has 0 aliphatic rings. The summed E-state index contributed by atoms with van der Waals surface area (Å²) < 4.78 is 0. The number of hydrogen-bond donors (Lipinski definition) is 0. The van der Waals surface area contributed by atoms with E-state index in [1.54, 1.807) is 0 Å². The third-order valence-electron chi connectivity index (χ3n) is 6.12. The number of hydrogen-bond acceptors (Lipinski definition) is 0. The first-order valence-electron chi connectivity index (χ1n) is 11.9. The average molecular weight is 365 g/mol. The van der Waals surface area contributed by atoms with E-state index in [1.165, 1.54) is 83.5 Å². The average Bonchev–Trinajstić information content (AvgIpc) is 2.58. The Kier molecular flexibility index (Phi) is 15.6. The fourth-order valence-corrected chi connectivity index (χ4v) is 3.88. The summed E-state index contributed by atoms with van der Waals surface area (Å²) in [5.74, 6) is 2.76. The molecule has 3 unspecified atom stereocenters. The molecule has 0 saturated heterocycles. The van der Waals surface area contributed by atoms with E-state index >= 15 is 0 Å². The van der Waals surface area contributed by atoms with Crippen molar-refractivity contribution in [1.29, 1.82) is 0 Å². The van der Waals surface area contributed by atoms with E-state index < -0.39 is 0 Å². The molecule has 0 N–H and O–H groups in total. The van der Waals surface area contributed by atoms with Crippen LogP contribution in [0.2, 0.25) is 0 Å². The Morgan fingerprint density at radius 3 is 1.77 bits per heavy atom. The predicted octanol–water partition coefficient (Wildman–Crippen LogP) is 9.59. The van der Waals surface area contributed by atoms with Crippen LogP contribution in [0.1, 0.15) is 132 Å². The molecule has 0 heteroatoms. The van der Waals surface area contributed by atoms with Gasteiger partial charge in [-0.25, -0.2) is 0 Å². The molecule has 0 aromatic heterocycles. The highest BCUT2D eigenvalue weighted by molar-refractivity contribution is 4.80. The number of allylic oxidation sites excluding steroid dienone is 2. The molecule has 0 aliphatic heterocycles. The largest absolute Gasteiger partial charge is 0.0917 e. The Bertz CT molecular complexity index is 319. The van der Waals surface area contributed by atoms with Gasteiger partial charge < -0.3 is 0 Å². The molecule has 0 saturated carbocycles. The SMILES string of the molecule is CC=CCC(CC)CCCC(C)CCCCCCC(C)CCC(C)(C)C. The van der Waals surface area contributed by atoms with E-state index in [9.17, 15) is 0 Å². The van der Waals surface area contributed by atoms with Crippen LogP contribution in [0, 0.1) is 23.2 Å². The zero-order valence-electron chi connectivity index (χ0n) is 19.6. The second kappa shape index (κ2) is 15.8. The maximum absolute atomic E-state index is 2.47. The normalized spacial score (nSPS) is 16.1. The molecule has 3 atom stereocenters. The first-order valence-corrected chi connectivity index (χ1v) is 11.9. The van der Waals surface area contributed by atoms with Crippen LogP contribution in [0.15, 0.2) is 12.2 Å². The minimum atomic E-state index is 0.508. The first kappa shape index (κ1) is 25.7. The molecule has 0 aromatic rings. The second-order valence-electron chi connectivity index (χ2n) is 10.3. The molecular formula is C26H52. The summed E-state index contributed by atoms with van der Waals surface area (Å²) in [4.78, 5) is 0. The molecular weight excluding hydrogens is 312 g/mol. The zero-order valence-corrected chi connectivity index (χ0v) is 19.6. The lowest BCUT2D eigenvalue weighted by Crippen LogP contribution is -2.07. The highest BCUT2D eigenvalue weighted by Gasteiger charge is 2.12. The summed E-state index contributed by atoms with van der Waals surface area (Å²) in [5.41, 5.74) is 0.508. The van der Waals surface area contributed by atoms with E-state index in [0.29, 0.717) is 5.41 Å². The van der Waals surface area contributed by atoms with Gasteiger partial charge in [0, 0.05) is 0 Å². The monoisotopic (exact) mass is 364 g/mol. The van der Waals surface area contributed by atoms with Gasteiger partial charge in [-0.3, -0.25) is 0 Å². The maximum atomic E-state index is 2.47. The number of rotatable bonds is 16. The van der Waals surface area contributed by atoms with Crippen molar-refractivity contribution >= 4 is 0 Å². The van der Waals surface area contributed by atoms with Crippen molar-refractivity contribution in [3.8, 4) is 0 Å². The summed E-state index contributed by atoms with van der Waals surface area (Å²) in [5, 5.41) is 0. The Labute approximate surface area is 167 Å². The van der Waals surface area contributed by atoms with Crippen molar-refractivity contribution in [2.45, 2.75) is 132 Å². The third kappa shape index (κ3) is 17.2. The van der Waals surface area contributed by atoms with Gasteiger partial charge in [-0.05, 0) is 42.9 Å². The Hall–Kier alpha value is -0.260. The molecule has 0 nitrogen and oxygen atoms in total. The van der Waals surface area contributed by atoms with Crippen molar-refractivity contribution in [1.82, 2.24) is 0 Å². The molecule has 0 heterocycles. The Balaban J connectivity index is 3.55. The van der Waals surface area contributed by atoms with Crippen LogP contribution in [0.4, 0.5) is 0 Å². The van der Waals surface area contributed by atoms with E-state index in [4.69, 9.17) is 0 Å². The Morgan fingerprint density at radius 2 is 1.27 bits per heavy atom. The fourth-order valence-electron chi connectivity index (χ4n) is 3.88. The third-order valence-corrected chi connectivity index (χ3v) is 6.12. The summed E-state index contributed by atoms with van der Waals surface area (Å²) in [7, 11) is 0. The van der Waals surface area contributed by atoms with Gasteiger partial charge in [-0.1, -0.05) is 124 Å². The van der Waals surface area contributed by atoms with Crippen molar-refractivity contribution in [3.63, 3.8) is 0 Å². The number of unbranched alkanes of at least 4 members (excludes halogenated alkanes) is 3. The molecule has 0 aliphatic carbocycles. The summed E-state index contributed by atoms with van der Waals surface area (Å²) in [6, 6.07) is 0. The highest BCUT2D eigenvalue weighted by Crippen LogP contribution is 2.26. The lowest BCUT2D eigenvalue weighted by molar-refractivity contribution is 0.318. The summed E-state index contributed by atoms with van der Waals surface area (Å²) >= 11 is 0. The molecule has 0 fully saturated rings. The molecule has 0 rings (SSSR count). The predicted molar refractivity (Wildman–Crippen MR) is 122 cm³/mol. The molecule has 0 radical (unpaired) electrons. The zero-order chi connectivity index (χ0) is 19.8. The van der Waals surface area contributed by atoms with E-state index in [0.717, 1.165) is 17.8 Å². The smallest absolute Gasteiger partial charge is 0.0322 e. The van der Waals surface area contributed by atoms with Crippen LogP contribution in [0.3, 0.4) is 0 Å². The van der Waals surface area contributed by atoms with E-state index in [1.807, 2.05) is 0 Å². The summed E-state index contributed by atoms with van der Waals surface area (Å²) in [6.07, 6.45) is 23.0. The van der Waals surface area contributed by atoms with E-state index in [-0.39, 0.29) is 0 Å². The van der Waals surface area contributed by atoms with Crippen LogP contribution in [0.5, 0.6) is 0 Å². The maximum Gasteiger partial charge on any atom is -0.0322 e. The van der Waals surface area contributed by atoms with Crippen molar-refractivity contribution < 1.29 is 0 Å². The standard InChI is InChI=1S/C26H52/c1-8-10-19-25(9-2)20-15-18-23(3)16-13-11-12-14-17-24(4)21-22-26(5,6)7/h8,10,23-25H,9,11-22H2,1-7H3. The van der Waals surface area contributed by atoms with Crippen LogP contribution < -0.4 is 0 Å². The van der Waals surface area contributed by atoms with Crippen molar-refractivity contribution in [2.24, 2.45) is 23.2 Å². The minimum Gasteiger partial charge on any atom is -0.0917 e. The molecule has 0 bridgehead atoms. The highest BCUT2D eigenvalue weighted by atomic mass is 14.2. The molecule has 0 amide bonds. The topological polar surface area (TPSA) is 0 Å².